The minimum Gasteiger partial charge on any atom is -0.475 e. The average molecular weight is 316 g/mol. The Hall–Kier alpha value is -0.300. The molecule has 0 aromatic heterocycles. The van der Waals surface area contributed by atoms with Crippen molar-refractivity contribution in [2.24, 2.45) is 11.3 Å². The molecule has 0 unspecified atom stereocenters. The molecule has 2 bridgehead atoms. The Balaban J connectivity index is 0.000000139. The van der Waals surface area contributed by atoms with Crippen LogP contribution in [0.1, 0.15) is 19.3 Å². The van der Waals surface area contributed by atoms with E-state index in [1.54, 1.807) is 0 Å². The van der Waals surface area contributed by atoms with E-state index in [9.17, 15) is 13.2 Å². The molecule has 7 heteroatoms. The van der Waals surface area contributed by atoms with Gasteiger partial charge in [0.1, 0.15) is 0 Å². The van der Waals surface area contributed by atoms with Gasteiger partial charge in [0.25, 0.3) is 0 Å². The van der Waals surface area contributed by atoms with Gasteiger partial charge >= 0.3 is 12.1 Å². The van der Waals surface area contributed by atoms with Crippen molar-refractivity contribution in [3.8, 4) is 0 Å². The Kier molecular flexibility index (Phi) is 2.97. The van der Waals surface area contributed by atoms with Gasteiger partial charge in [-0.25, -0.2) is 4.79 Å². The predicted octanol–water partition coefficient (Wildman–Crippen LogP) is 2.16. The number of nitrogens with one attached hydrogen (secondary N) is 1. The molecule has 1 saturated heterocycles. The van der Waals surface area contributed by atoms with Crippen LogP contribution in [0.4, 0.5) is 13.2 Å². The summed E-state index contributed by atoms with van der Waals surface area (Å²) in [6.07, 6.45) is -0.689. The van der Waals surface area contributed by atoms with Crippen molar-refractivity contribution in [2.45, 2.75) is 29.8 Å². The van der Waals surface area contributed by atoms with E-state index in [2.05, 4.69) is 21.2 Å². The maximum absolute atomic E-state index is 10.6. The molecular formula is C10H13BrF3NO2. The number of alkyl halides is 4. The zero-order chi connectivity index (χ0) is 12.9. The van der Waals surface area contributed by atoms with E-state index in [-0.39, 0.29) is 0 Å². The normalized spacial score (nSPS) is 39.1. The van der Waals surface area contributed by atoms with Crippen molar-refractivity contribution in [2.75, 3.05) is 13.1 Å². The van der Waals surface area contributed by atoms with Crippen LogP contribution in [0.2, 0.25) is 0 Å². The maximum atomic E-state index is 10.6. The molecule has 1 aliphatic heterocycles. The van der Waals surface area contributed by atoms with Crippen LogP contribution < -0.4 is 5.32 Å². The number of carboxylic acids is 1. The SMILES string of the molecule is BrC12CC(C3CNC3)(C1)C2.O=C(O)C(F)(F)F. The fourth-order valence-corrected chi connectivity index (χ4v) is 4.57. The molecule has 0 spiro atoms. The van der Waals surface area contributed by atoms with Crippen LogP contribution in [0, 0.1) is 11.3 Å². The van der Waals surface area contributed by atoms with E-state index in [4.69, 9.17) is 9.90 Å². The largest absolute Gasteiger partial charge is 0.490 e. The monoisotopic (exact) mass is 315 g/mol. The van der Waals surface area contributed by atoms with Crippen molar-refractivity contribution < 1.29 is 23.1 Å². The summed E-state index contributed by atoms with van der Waals surface area (Å²) in [6, 6.07) is 0. The molecule has 1 heterocycles. The number of carbonyl (C=O) groups is 1. The molecule has 0 aromatic carbocycles. The van der Waals surface area contributed by atoms with Gasteiger partial charge in [-0.05, 0) is 43.7 Å². The van der Waals surface area contributed by atoms with Gasteiger partial charge in [-0.15, -0.1) is 0 Å². The van der Waals surface area contributed by atoms with Gasteiger partial charge in [-0.3, -0.25) is 0 Å². The number of carboxylic acid groups (broad SMARTS) is 1. The summed E-state index contributed by atoms with van der Waals surface area (Å²) in [6.45, 7) is 2.59. The van der Waals surface area contributed by atoms with Crippen molar-refractivity contribution >= 4 is 21.9 Å². The van der Waals surface area contributed by atoms with E-state index < -0.39 is 12.1 Å². The molecule has 98 valence electrons. The molecule has 0 aromatic rings. The van der Waals surface area contributed by atoms with E-state index in [0.717, 1.165) is 11.3 Å². The highest BCUT2D eigenvalue weighted by Crippen LogP contribution is 2.74. The topological polar surface area (TPSA) is 49.3 Å². The summed E-state index contributed by atoms with van der Waals surface area (Å²) in [5.41, 5.74) is 0.814. The standard InChI is InChI=1S/C8H12BrN.C2HF3O2/c9-8-3-7(4-8,5-8)6-1-10-2-6;3-2(4,5)1(6)7/h6,10H,1-5H2;(H,6,7). The van der Waals surface area contributed by atoms with Crippen molar-refractivity contribution in [1.82, 2.24) is 5.32 Å². The lowest BCUT2D eigenvalue weighted by atomic mass is 9.39. The summed E-state index contributed by atoms with van der Waals surface area (Å²) in [5, 5.41) is 10.5. The van der Waals surface area contributed by atoms with Crippen LogP contribution >= 0.6 is 15.9 Å². The third-order valence-corrected chi connectivity index (χ3v) is 4.74. The molecule has 3 saturated carbocycles. The second-order valence-corrected chi connectivity index (χ2v) is 6.88. The third-order valence-electron chi connectivity index (χ3n) is 3.90. The highest BCUT2D eigenvalue weighted by Gasteiger charge is 2.69. The van der Waals surface area contributed by atoms with Crippen LogP contribution in [-0.2, 0) is 4.79 Å². The lowest BCUT2D eigenvalue weighted by Gasteiger charge is -2.72. The number of hydrogen-bond donors (Lipinski definition) is 2. The summed E-state index contributed by atoms with van der Waals surface area (Å²) >= 11 is 3.77. The van der Waals surface area contributed by atoms with Crippen molar-refractivity contribution in [3.05, 3.63) is 0 Å². The predicted molar refractivity (Wildman–Crippen MR) is 58.0 cm³/mol. The molecule has 3 nitrogen and oxygen atoms in total. The molecule has 4 aliphatic rings. The van der Waals surface area contributed by atoms with Crippen LogP contribution in [0.25, 0.3) is 0 Å². The van der Waals surface area contributed by atoms with Crippen LogP contribution in [0.15, 0.2) is 0 Å². The number of hydrogen-bond acceptors (Lipinski definition) is 2. The van der Waals surface area contributed by atoms with E-state index in [0.29, 0.717) is 4.32 Å². The average Bonchev–Trinajstić information content (AvgIpc) is 1.95. The highest BCUT2D eigenvalue weighted by molar-refractivity contribution is 9.10. The molecule has 3 aliphatic carbocycles. The summed E-state index contributed by atoms with van der Waals surface area (Å²) in [5.74, 6) is -1.72. The minimum absolute atomic E-state index is 0.628. The maximum Gasteiger partial charge on any atom is 0.490 e. The van der Waals surface area contributed by atoms with E-state index in [1.807, 2.05) is 0 Å². The van der Waals surface area contributed by atoms with Crippen LogP contribution in [0.5, 0.6) is 0 Å². The first-order chi connectivity index (χ1) is 7.67. The van der Waals surface area contributed by atoms with Crippen LogP contribution in [0.3, 0.4) is 0 Å². The third kappa shape index (κ3) is 2.31. The Morgan fingerprint density at radius 1 is 1.29 bits per heavy atom. The summed E-state index contributed by atoms with van der Waals surface area (Å²) in [4.78, 5) is 8.90. The van der Waals surface area contributed by atoms with Crippen molar-refractivity contribution in [3.63, 3.8) is 0 Å². The van der Waals surface area contributed by atoms with Crippen LogP contribution in [-0.4, -0.2) is 34.7 Å². The van der Waals surface area contributed by atoms with Gasteiger partial charge in [0.2, 0.25) is 0 Å². The van der Waals surface area contributed by atoms with Gasteiger partial charge in [0.05, 0.1) is 0 Å². The zero-order valence-electron chi connectivity index (χ0n) is 8.98. The fraction of sp³-hybridized carbons (Fsp3) is 0.900. The van der Waals surface area contributed by atoms with Gasteiger partial charge in [-0.2, -0.15) is 13.2 Å². The Morgan fingerprint density at radius 2 is 1.71 bits per heavy atom. The van der Waals surface area contributed by atoms with Crippen molar-refractivity contribution in [1.29, 1.82) is 0 Å². The number of rotatable bonds is 1. The Bertz CT molecular complexity index is 321. The second-order valence-electron chi connectivity index (χ2n) is 5.20. The molecule has 4 rings (SSSR count). The first kappa shape index (κ1) is 13.1. The van der Waals surface area contributed by atoms with Gasteiger partial charge in [0, 0.05) is 4.32 Å². The molecule has 2 N–H and O–H groups in total. The van der Waals surface area contributed by atoms with E-state index >= 15 is 0 Å². The molecule has 17 heavy (non-hydrogen) atoms. The highest BCUT2D eigenvalue weighted by atomic mass is 79.9. The zero-order valence-corrected chi connectivity index (χ0v) is 10.6. The molecule has 0 radical (unpaired) electrons. The molecule has 0 atom stereocenters. The second kappa shape index (κ2) is 3.85. The lowest BCUT2D eigenvalue weighted by Crippen LogP contribution is -2.71. The fourth-order valence-electron chi connectivity index (χ4n) is 2.89. The Morgan fingerprint density at radius 3 is 1.88 bits per heavy atom. The number of halogens is 4. The van der Waals surface area contributed by atoms with Gasteiger partial charge in [-0.1, -0.05) is 15.9 Å². The first-order valence-electron chi connectivity index (χ1n) is 5.37. The number of aliphatic carboxylic acids is 1. The molecular weight excluding hydrogens is 303 g/mol. The summed E-state index contributed by atoms with van der Waals surface area (Å²) in [7, 11) is 0. The first-order valence-corrected chi connectivity index (χ1v) is 6.16. The molecule has 0 amide bonds. The minimum atomic E-state index is -5.08. The van der Waals surface area contributed by atoms with E-state index in [1.165, 1.54) is 32.4 Å². The Labute approximate surface area is 105 Å². The molecule has 4 fully saturated rings. The summed E-state index contributed by atoms with van der Waals surface area (Å²) < 4.78 is 32.4. The lowest BCUT2D eigenvalue weighted by molar-refractivity contribution is -0.192. The van der Waals surface area contributed by atoms with Gasteiger partial charge in [0.15, 0.2) is 0 Å². The smallest absolute Gasteiger partial charge is 0.475 e. The quantitative estimate of drug-likeness (QED) is 0.729. The van der Waals surface area contributed by atoms with Gasteiger partial charge < -0.3 is 10.4 Å².